The molecule has 0 saturated heterocycles. The van der Waals surface area contributed by atoms with Crippen LogP contribution in [0.5, 0.6) is 0 Å². The molecule has 1 aromatic carbocycles. The second-order valence-electron chi connectivity index (χ2n) is 4.70. The molecule has 1 heterocycles. The molecule has 1 N–H and O–H groups in total. The Morgan fingerprint density at radius 2 is 2.05 bits per heavy atom. The Kier molecular flexibility index (Phi) is 5.61. The fraction of sp³-hybridized carbons (Fsp3) is 0.500. The van der Waals surface area contributed by atoms with Crippen molar-refractivity contribution in [1.29, 1.82) is 0 Å². The molecule has 0 spiro atoms. The molecule has 0 amide bonds. The third-order valence-corrected chi connectivity index (χ3v) is 4.95. The fourth-order valence-electron chi connectivity index (χ4n) is 2.13. The molecular weight excluding hydrogens is 315 g/mol. The van der Waals surface area contributed by atoms with E-state index in [1.165, 1.54) is 0 Å². The number of thioether (sulfide) groups is 1. The summed E-state index contributed by atoms with van der Waals surface area (Å²) in [5.74, 6) is 2.73. The van der Waals surface area contributed by atoms with Crippen LogP contribution in [0.25, 0.3) is 11.0 Å². The van der Waals surface area contributed by atoms with Gasteiger partial charge >= 0.3 is 0 Å². The number of hydrogen-bond donors (Lipinski definition) is 1. The molecule has 3 nitrogen and oxygen atoms in total. The van der Waals surface area contributed by atoms with Crippen molar-refractivity contribution in [3.63, 3.8) is 0 Å². The summed E-state index contributed by atoms with van der Waals surface area (Å²) in [7, 11) is 0. The van der Waals surface area contributed by atoms with Crippen LogP contribution in [-0.2, 0) is 13.0 Å². The summed E-state index contributed by atoms with van der Waals surface area (Å²) in [5, 5.41) is 10.4. The average Bonchev–Trinajstić information content (AvgIpc) is 2.72. The van der Waals surface area contributed by atoms with E-state index in [-0.39, 0.29) is 6.10 Å². The highest BCUT2D eigenvalue weighted by Crippen LogP contribution is 2.28. The van der Waals surface area contributed by atoms with Crippen LogP contribution in [0.2, 0.25) is 10.0 Å². The summed E-state index contributed by atoms with van der Waals surface area (Å²) in [6, 6.07) is 3.69. The Bertz CT molecular complexity index is 598. The SMILES string of the molecule is CCn1c(CCSCC(C)O)nc2cc(Cl)c(Cl)cc21. The van der Waals surface area contributed by atoms with Gasteiger partial charge in [0, 0.05) is 24.5 Å². The lowest BCUT2D eigenvalue weighted by Crippen LogP contribution is -2.06. The van der Waals surface area contributed by atoms with Gasteiger partial charge in [0.15, 0.2) is 0 Å². The van der Waals surface area contributed by atoms with Crippen LogP contribution in [0.15, 0.2) is 12.1 Å². The lowest BCUT2D eigenvalue weighted by molar-refractivity contribution is 0.220. The topological polar surface area (TPSA) is 38.0 Å². The molecule has 0 radical (unpaired) electrons. The predicted octanol–water partition coefficient (Wildman–Crippen LogP) is 4.02. The van der Waals surface area contributed by atoms with Crippen LogP contribution in [0.3, 0.4) is 0 Å². The molecule has 0 aliphatic heterocycles. The van der Waals surface area contributed by atoms with Crippen LogP contribution >= 0.6 is 35.0 Å². The third-order valence-electron chi connectivity index (χ3n) is 3.01. The number of aliphatic hydroxyl groups excluding tert-OH is 1. The zero-order valence-electron chi connectivity index (χ0n) is 11.6. The predicted molar refractivity (Wildman–Crippen MR) is 88.1 cm³/mol. The van der Waals surface area contributed by atoms with Crippen molar-refractivity contribution in [3.8, 4) is 0 Å². The van der Waals surface area contributed by atoms with Gasteiger partial charge in [-0.2, -0.15) is 11.8 Å². The van der Waals surface area contributed by atoms with Crippen LogP contribution < -0.4 is 0 Å². The highest BCUT2D eigenvalue weighted by molar-refractivity contribution is 7.99. The maximum atomic E-state index is 9.25. The smallest absolute Gasteiger partial charge is 0.110 e. The molecule has 0 aliphatic carbocycles. The fourth-order valence-corrected chi connectivity index (χ4v) is 3.28. The van der Waals surface area contributed by atoms with E-state index in [0.717, 1.165) is 41.3 Å². The first-order valence-corrected chi connectivity index (χ1v) is 8.54. The van der Waals surface area contributed by atoms with E-state index in [2.05, 4.69) is 16.5 Å². The minimum absolute atomic E-state index is 0.261. The number of aromatic nitrogens is 2. The van der Waals surface area contributed by atoms with E-state index < -0.39 is 0 Å². The first kappa shape index (κ1) is 16.0. The standard InChI is InChI=1S/C14H18Cl2N2OS/c1-3-18-13-7-11(16)10(15)6-12(13)17-14(18)4-5-20-8-9(2)19/h6-7,9,19H,3-5,8H2,1-2H3. The summed E-state index contributed by atoms with van der Waals surface area (Å²) in [6.07, 6.45) is 0.609. The molecule has 1 unspecified atom stereocenters. The van der Waals surface area contributed by atoms with Gasteiger partial charge in [0.1, 0.15) is 5.82 Å². The zero-order valence-corrected chi connectivity index (χ0v) is 13.9. The lowest BCUT2D eigenvalue weighted by Gasteiger charge is -2.07. The Labute approximate surface area is 133 Å². The average molecular weight is 333 g/mol. The number of hydrogen-bond acceptors (Lipinski definition) is 3. The van der Waals surface area contributed by atoms with Crippen molar-refractivity contribution in [2.24, 2.45) is 0 Å². The van der Waals surface area contributed by atoms with Gasteiger partial charge in [0.2, 0.25) is 0 Å². The molecule has 1 atom stereocenters. The monoisotopic (exact) mass is 332 g/mol. The van der Waals surface area contributed by atoms with E-state index in [1.807, 2.05) is 12.1 Å². The molecule has 20 heavy (non-hydrogen) atoms. The van der Waals surface area contributed by atoms with E-state index in [9.17, 15) is 5.11 Å². The molecule has 0 bridgehead atoms. The van der Waals surface area contributed by atoms with Crippen LogP contribution in [0, 0.1) is 0 Å². The van der Waals surface area contributed by atoms with Crippen molar-refractivity contribution in [3.05, 3.63) is 28.0 Å². The molecular formula is C14H18Cl2N2OS. The van der Waals surface area contributed by atoms with Crippen molar-refractivity contribution < 1.29 is 5.11 Å². The molecule has 0 saturated carbocycles. The van der Waals surface area contributed by atoms with Gasteiger partial charge in [-0.1, -0.05) is 23.2 Å². The number of rotatable bonds is 6. The minimum Gasteiger partial charge on any atom is -0.393 e. The largest absolute Gasteiger partial charge is 0.393 e. The quantitative estimate of drug-likeness (QED) is 0.812. The molecule has 2 aromatic rings. The summed E-state index contributed by atoms with van der Waals surface area (Å²) >= 11 is 13.9. The normalized spacial score (nSPS) is 13.1. The second-order valence-corrected chi connectivity index (χ2v) is 6.67. The summed E-state index contributed by atoms with van der Waals surface area (Å²) < 4.78 is 2.17. The molecule has 2 rings (SSSR count). The maximum absolute atomic E-state index is 9.25. The summed E-state index contributed by atoms with van der Waals surface area (Å²) in [4.78, 5) is 4.65. The van der Waals surface area contributed by atoms with E-state index in [4.69, 9.17) is 23.2 Å². The highest BCUT2D eigenvalue weighted by atomic mass is 35.5. The molecule has 110 valence electrons. The lowest BCUT2D eigenvalue weighted by atomic mass is 10.3. The molecule has 0 aliphatic rings. The van der Waals surface area contributed by atoms with Crippen LogP contribution in [-0.4, -0.2) is 32.3 Å². The third kappa shape index (κ3) is 3.61. The van der Waals surface area contributed by atoms with Gasteiger partial charge in [-0.25, -0.2) is 4.98 Å². The van der Waals surface area contributed by atoms with E-state index in [0.29, 0.717) is 10.0 Å². The van der Waals surface area contributed by atoms with Gasteiger partial charge < -0.3 is 9.67 Å². The van der Waals surface area contributed by atoms with Crippen molar-refractivity contribution in [2.75, 3.05) is 11.5 Å². The van der Waals surface area contributed by atoms with Crippen LogP contribution in [0.4, 0.5) is 0 Å². The second kappa shape index (κ2) is 7.03. The number of halogens is 2. The molecule has 6 heteroatoms. The molecule has 1 aromatic heterocycles. The number of fused-ring (bicyclic) bond motifs is 1. The Morgan fingerprint density at radius 3 is 2.70 bits per heavy atom. The van der Waals surface area contributed by atoms with Gasteiger partial charge in [-0.05, 0) is 26.0 Å². The zero-order chi connectivity index (χ0) is 14.7. The molecule has 0 fully saturated rings. The van der Waals surface area contributed by atoms with Gasteiger partial charge in [-0.3, -0.25) is 0 Å². The van der Waals surface area contributed by atoms with Gasteiger partial charge in [-0.15, -0.1) is 0 Å². The van der Waals surface area contributed by atoms with Gasteiger partial charge in [0.25, 0.3) is 0 Å². The van der Waals surface area contributed by atoms with Crippen LogP contribution in [0.1, 0.15) is 19.7 Å². The number of benzene rings is 1. The van der Waals surface area contributed by atoms with E-state index >= 15 is 0 Å². The van der Waals surface area contributed by atoms with Crippen molar-refractivity contribution in [1.82, 2.24) is 9.55 Å². The Balaban J connectivity index is 2.20. The number of nitrogens with zero attached hydrogens (tertiary/aromatic N) is 2. The number of imidazole rings is 1. The summed E-state index contributed by atoms with van der Waals surface area (Å²) in [6.45, 7) is 4.75. The van der Waals surface area contributed by atoms with E-state index in [1.54, 1.807) is 18.7 Å². The minimum atomic E-state index is -0.261. The first-order valence-electron chi connectivity index (χ1n) is 6.63. The number of aliphatic hydroxyl groups is 1. The van der Waals surface area contributed by atoms with Crippen molar-refractivity contribution in [2.45, 2.75) is 32.9 Å². The summed E-state index contributed by atoms with van der Waals surface area (Å²) in [5.41, 5.74) is 1.91. The highest BCUT2D eigenvalue weighted by Gasteiger charge is 2.12. The van der Waals surface area contributed by atoms with Gasteiger partial charge in [0.05, 0.1) is 27.2 Å². The maximum Gasteiger partial charge on any atom is 0.110 e. The Hall–Kier alpha value is -0.420. The first-order chi connectivity index (χ1) is 9.52. The number of aryl methyl sites for hydroxylation is 2. The van der Waals surface area contributed by atoms with Crippen molar-refractivity contribution >= 4 is 46.0 Å². The Morgan fingerprint density at radius 1 is 1.35 bits per heavy atom.